The highest BCUT2D eigenvalue weighted by atomic mass is 35.5. The van der Waals surface area contributed by atoms with E-state index in [1.807, 2.05) is 13.8 Å². The lowest BCUT2D eigenvalue weighted by Crippen LogP contribution is -2.52. The minimum atomic E-state index is -0.494. The number of nitro groups is 1. The smallest absolute Gasteiger partial charge is 0.271 e. The molecule has 0 aromatic heterocycles. The van der Waals surface area contributed by atoms with Crippen LogP contribution in [0.15, 0.2) is 18.2 Å². The maximum Gasteiger partial charge on any atom is 0.271 e. The molecule has 1 saturated heterocycles. The van der Waals surface area contributed by atoms with Gasteiger partial charge in [0.25, 0.3) is 5.69 Å². The fourth-order valence-electron chi connectivity index (χ4n) is 2.06. The van der Waals surface area contributed by atoms with Gasteiger partial charge in [-0.05, 0) is 19.9 Å². The third-order valence-corrected chi connectivity index (χ3v) is 3.25. The molecule has 6 nitrogen and oxygen atoms in total. The third-order valence-electron chi connectivity index (χ3n) is 2.96. The molecule has 0 amide bonds. The maximum absolute atomic E-state index is 10.6. The SMILES string of the molecule is CC1(C)CNCC(COc2ccc([N+](=O)[O-])cc2Cl)O1. The first kappa shape index (κ1) is 15.0. The van der Waals surface area contributed by atoms with Crippen LogP contribution in [0.4, 0.5) is 5.69 Å². The summed E-state index contributed by atoms with van der Waals surface area (Å²) in [5.41, 5.74) is -0.287. The van der Waals surface area contributed by atoms with Gasteiger partial charge in [-0.3, -0.25) is 10.1 Å². The minimum absolute atomic E-state index is 0.0564. The van der Waals surface area contributed by atoms with Crippen molar-refractivity contribution in [1.29, 1.82) is 0 Å². The predicted octanol–water partition coefficient (Wildman–Crippen LogP) is 2.39. The first-order chi connectivity index (χ1) is 9.37. The largest absolute Gasteiger partial charge is 0.489 e. The topological polar surface area (TPSA) is 73.6 Å². The van der Waals surface area contributed by atoms with E-state index < -0.39 is 4.92 Å². The Morgan fingerprint density at radius 2 is 2.35 bits per heavy atom. The fraction of sp³-hybridized carbons (Fsp3) is 0.538. The minimum Gasteiger partial charge on any atom is -0.489 e. The number of nitro benzene ring substituents is 1. The second kappa shape index (κ2) is 5.95. The van der Waals surface area contributed by atoms with Gasteiger partial charge in [0.05, 0.1) is 15.5 Å². The van der Waals surface area contributed by atoms with E-state index in [1.54, 1.807) is 0 Å². The normalized spacial score (nSPS) is 21.4. The molecule has 1 fully saturated rings. The molecular formula is C13H17ClN2O4. The second-order valence-corrected chi connectivity index (χ2v) is 5.72. The molecule has 0 saturated carbocycles. The van der Waals surface area contributed by atoms with Crippen molar-refractivity contribution in [2.75, 3.05) is 19.7 Å². The van der Waals surface area contributed by atoms with E-state index in [-0.39, 0.29) is 22.4 Å². The van der Waals surface area contributed by atoms with Crippen molar-refractivity contribution in [2.45, 2.75) is 25.6 Å². The lowest BCUT2D eigenvalue weighted by atomic mass is 10.1. The Hall–Kier alpha value is -1.37. The lowest BCUT2D eigenvalue weighted by Gasteiger charge is -2.36. The third kappa shape index (κ3) is 3.82. The van der Waals surface area contributed by atoms with Crippen LogP contribution >= 0.6 is 11.6 Å². The molecule has 20 heavy (non-hydrogen) atoms. The second-order valence-electron chi connectivity index (χ2n) is 5.31. The summed E-state index contributed by atoms with van der Waals surface area (Å²) < 4.78 is 11.4. The molecule has 0 bridgehead atoms. The van der Waals surface area contributed by atoms with Gasteiger partial charge in [0.2, 0.25) is 0 Å². The van der Waals surface area contributed by atoms with Crippen molar-refractivity contribution in [1.82, 2.24) is 5.32 Å². The predicted molar refractivity (Wildman–Crippen MR) is 75.4 cm³/mol. The Morgan fingerprint density at radius 1 is 1.60 bits per heavy atom. The summed E-state index contributed by atoms with van der Waals surface area (Å²) in [6.07, 6.45) is -0.0787. The van der Waals surface area contributed by atoms with Crippen LogP contribution in [0.2, 0.25) is 5.02 Å². The van der Waals surface area contributed by atoms with Crippen LogP contribution in [0.25, 0.3) is 0 Å². The summed E-state index contributed by atoms with van der Waals surface area (Å²) in [4.78, 5) is 10.1. The summed E-state index contributed by atoms with van der Waals surface area (Å²) in [5.74, 6) is 0.421. The summed E-state index contributed by atoms with van der Waals surface area (Å²) in [7, 11) is 0. The molecule has 7 heteroatoms. The zero-order chi connectivity index (χ0) is 14.8. The lowest BCUT2D eigenvalue weighted by molar-refractivity contribution is -0.384. The average molecular weight is 301 g/mol. The van der Waals surface area contributed by atoms with Crippen molar-refractivity contribution in [3.63, 3.8) is 0 Å². The van der Waals surface area contributed by atoms with Gasteiger partial charge in [0.1, 0.15) is 18.5 Å². The molecule has 0 aliphatic carbocycles. The van der Waals surface area contributed by atoms with Crippen LogP contribution in [-0.2, 0) is 4.74 Å². The van der Waals surface area contributed by atoms with Crippen LogP contribution in [-0.4, -0.2) is 36.3 Å². The molecule has 110 valence electrons. The standard InChI is InChI=1S/C13H17ClN2O4/c1-13(2)8-15-6-10(20-13)7-19-12-4-3-9(16(17)18)5-11(12)14/h3-5,10,15H,6-8H2,1-2H3. The van der Waals surface area contributed by atoms with Crippen LogP contribution in [0, 0.1) is 10.1 Å². The highest BCUT2D eigenvalue weighted by molar-refractivity contribution is 6.32. The van der Waals surface area contributed by atoms with Gasteiger partial charge in [-0.1, -0.05) is 11.6 Å². The molecule has 1 aliphatic rings. The number of hydrogen-bond donors (Lipinski definition) is 1. The van der Waals surface area contributed by atoms with Gasteiger partial charge in [0, 0.05) is 25.2 Å². The van der Waals surface area contributed by atoms with Gasteiger partial charge >= 0.3 is 0 Å². The molecule has 1 atom stereocenters. The van der Waals surface area contributed by atoms with Crippen LogP contribution in [0.3, 0.4) is 0 Å². The Kier molecular flexibility index (Phi) is 4.47. The molecular weight excluding hydrogens is 284 g/mol. The number of ether oxygens (including phenoxy) is 2. The zero-order valence-corrected chi connectivity index (χ0v) is 12.1. The van der Waals surface area contributed by atoms with E-state index >= 15 is 0 Å². The zero-order valence-electron chi connectivity index (χ0n) is 11.4. The van der Waals surface area contributed by atoms with E-state index in [0.717, 1.165) is 6.54 Å². The molecule has 0 radical (unpaired) electrons. The van der Waals surface area contributed by atoms with E-state index in [4.69, 9.17) is 21.1 Å². The monoisotopic (exact) mass is 300 g/mol. The number of nitrogens with zero attached hydrogens (tertiary/aromatic N) is 1. The molecule has 0 spiro atoms. The molecule has 2 rings (SSSR count). The molecule has 1 aromatic carbocycles. The summed E-state index contributed by atoms with van der Waals surface area (Å²) in [6, 6.07) is 4.15. The number of non-ortho nitro benzene ring substituents is 1. The van der Waals surface area contributed by atoms with E-state index in [0.29, 0.717) is 18.9 Å². The van der Waals surface area contributed by atoms with Gasteiger partial charge < -0.3 is 14.8 Å². The first-order valence-electron chi connectivity index (χ1n) is 6.33. The van der Waals surface area contributed by atoms with Crippen molar-refractivity contribution in [3.8, 4) is 5.75 Å². The Labute approximate surface area is 122 Å². The van der Waals surface area contributed by atoms with E-state index in [2.05, 4.69) is 5.32 Å². The maximum atomic E-state index is 10.6. The van der Waals surface area contributed by atoms with Crippen molar-refractivity contribution in [2.24, 2.45) is 0 Å². The number of rotatable bonds is 4. The molecule has 1 unspecified atom stereocenters. The molecule has 1 aromatic rings. The Bertz CT molecular complexity index is 507. The number of morpholine rings is 1. The van der Waals surface area contributed by atoms with Crippen LogP contribution in [0.1, 0.15) is 13.8 Å². The molecule has 1 heterocycles. The Balaban J connectivity index is 1.95. The van der Waals surface area contributed by atoms with Gasteiger partial charge in [-0.25, -0.2) is 0 Å². The molecule has 1 aliphatic heterocycles. The summed E-state index contributed by atoms with van der Waals surface area (Å²) in [6.45, 7) is 5.85. The molecule has 1 N–H and O–H groups in total. The Morgan fingerprint density at radius 3 is 2.95 bits per heavy atom. The van der Waals surface area contributed by atoms with E-state index in [9.17, 15) is 10.1 Å². The number of halogens is 1. The van der Waals surface area contributed by atoms with Gasteiger partial charge in [-0.2, -0.15) is 0 Å². The first-order valence-corrected chi connectivity index (χ1v) is 6.70. The van der Waals surface area contributed by atoms with Crippen molar-refractivity contribution in [3.05, 3.63) is 33.3 Å². The number of nitrogens with one attached hydrogen (secondary N) is 1. The summed E-state index contributed by atoms with van der Waals surface area (Å²) in [5, 5.41) is 14.1. The number of benzene rings is 1. The van der Waals surface area contributed by atoms with Crippen LogP contribution in [0.5, 0.6) is 5.75 Å². The summed E-state index contributed by atoms with van der Waals surface area (Å²) >= 11 is 5.96. The highest BCUT2D eigenvalue weighted by Crippen LogP contribution is 2.29. The van der Waals surface area contributed by atoms with Crippen molar-refractivity contribution >= 4 is 17.3 Å². The van der Waals surface area contributed by atoms with Gasteiger partial charge in [0.15, 0.2) is 0 Å². The number of hydrogen-bond acceptors (Lipinski definition) is 5. The highest BCUT2D eigenvalue weighted by Gasteiger charge is 2.28. The fourth-order valence-corrected chi connectivity index (χ4v) is 2.29. The average Bonchev–Trinajstić information content (AvgIpc) is 2.36. The van der Waals surface area contributed by atoms with E-state index in [1.165, 1.54) is 18.2 Å². The quantitative estimate of drug-likeness (QED) is 0.683. The van der Waals surface area contributed by atoms with Gasteiger partial charge in [-0.15, -0.1) is 0 Å². The van der Waals surface area contributed by atoms with Crippen LogP contribution < -0.4 is 10.1 Å². The van der Waals surface area contributed by atoms with Crippen molar-refractivity contribution < 1.29 is 14.4 Å².